The zero-order chi connectivity index (χ0) is 31.7. The van der Waals surface area contributed by atoms with Gasteiger partial charge in [-0.2, -0.15) is 0 Å². The molecule has 0 radical (unpaired) electrons. The molecule has 2 heterocycles. The molecule has 0 spiro atoms. The number of aliphatic hydroxyl groups is 2. The van der Waals surface area contributed by atoms with Gasteiger partial charge in [-0.1, -0.05) is 79.0 Å². The number of fused-ring (bicyclic) bond motifs is 1. The standard InChI is InChI=1S/C35H33ClN6O3/c1-21-29(30(43)31(44)35(21,2)34(45)37-3)42-20-39-28-32(38-19-23-8-7-11-26(36)18-23)40-27(41-33(28)42)17-14-22-12-15-25(16-13-22)24-9-5-4-6-10-24/h4-13,15-16,18,20-21,29-31,43-44H,19H2,1-3H3,(H,37,45)(H,38,40,41)/t21-,29-,30+,31+,35+/m1/s1. The van der Waals surface area contributed by atoms with Crippen LogP contribution in [0.3, 0.4) is 0 Å². The van der Waals surface area contributed by atoms with Crippen LogP contribution in [-0.4, -0.2) is 54.9 Å². The smallest absolute Gasteiger partial charge is 0.228 e. The maximum atomic E-state index is 12.9. The third kappa shape index (κ3) is 5.64. The van der Waals surface area contributed by atoms with Crippen molar-refractivity contribution in [1.82, 2.24) is 24.8 Å². The van der Waals surface area contributed by atoms with Gasteiger partial charge in [0, 0.05) is 24.2 Å². The molecule has 9 nitrogen and oxygen atoms in total. The fourth-order valence-corrected chi connectivity index (χ4v) is 6.34. The number of carbonyl (C=O) groups is 1. The molecule has 5 atom stereocenters. The highest BCUT2D eigenvalue weighted by atomic mass is 35.5. The molecule has 0 aliphatic heterocycles. The van der Waals surface area contributed by atoms with Crippen LogP contribution < -0.4 is 10.6 Å². The van der Waals surface area contributed by atoms with Gasteiger partial charge >= 0.3 is 0 Å². The number of halogens is 1. The zero-order valence-electron chi connectivity index (χ0n) is 25.1. The first-order chi connectivity index (χ1) is 21.7. The number of nitrogens with one attached hydrogen (secondary N) is 2. The number of hydrogen-bond donors (Lipinski definition) is 4. The second kappa shape index (κ2) is 12.3. The molecule has 1 fully saturated rings. The van der Waals surface area contributed by atoms with E-state index in [9.17, 15) is 15.0 Å². The van der Waals surface area contributed by atoms with Gasteiger partial charge in [-0.25, -0.2) is 15.0 Å². The van der Waals surface area contributed by atoms with Crippen molar-refractivity contribution in [3.05, 3.63) is 107 Å². The normalized spacial score (nSPS) is 22.5. The number of amides is 1. The lowest BCUT2D eigenvalue weighted by Crippen LogP contribution is -2.47. The van der Waals surface area contributed by atoms with Crippen LogP contribution in [0.2, 0.25) is 5.02 Å². The van der Waals surface area contributed by atoms with Crippen molar-refractivity contribution in [3.8, 4) is 23.0 Å². The molecule has 228 valence electrons. The topological polar surface area (TPSA) is 125 Å². The highest BCUT2D eigenvalue weighted by Gasteiger charge is 2.60. The Morgan fingerprint density at radius 3 is 2.44 bits per heavy atom. The molecular weight excluding hydrogens is 588 g/mol. The minimum Gasteiger partial charge on any atom is -0.389 e. The molecule has 1 aliphatic carbocycles. The SMILES string of the molecule is CNC(=O)[C@@]1(C)[C@H](C)[C@@H](n2cnc3c(NCc4cccc(Cl)c4)nc(C#Cc4ccc(-c5ccccc5)cc4)nc32)[C@H](O)[C@@H]1O. The van der Waals surface area contributed by atoms with Crippen LogP contribution in [0.5, 0.6) is 0 Å². The second-order valence-corrected chi connectivity index (χ2v) is 11.9. The first-order valence-electron chi connectivity index (χ1n) is 14.7. The van der Waals surface area contributed by atoms with E-state index in [0.717, 1.165) is 22.3 Å². The van der Waals surface area contributed by atoms with Crippen molar-refractivity contribution in [2.24, 2.45) is 11.3 Å². The van der Waals surface area contributed by atoms with Crippen LogP contribution in [0.25, 0.3) is 22.3 Å². The molecule has 0 unspecified atom stereocenters. The molecule has 5 aromatic rings. The summed E-state index contributed by atoms with van der Waals surface area (Å²) in [6.45, 7) is 3.92. The van der Waals surface area contributed by atoms with Gasteiger partial charge in [0.2, 0.25) is 11.7 Å². The molecule has 0 saturated heterocycles. The average molecular weight is 621 g/mol. The first kappa shape index (κ1) is 30.3. The minimum absolute atomic E-state index is 0.250. The van der Waals surface area contributed by atoms with E-state index in [-0.39, 0.29) is 11.7 Å². The maximum absolute atomic E-state index is 12.9. The predicted molar refractivity (Wildman–Crippen MR) is 174 cm³/mol. The summed E-state index contributed by atoms with van der Waals surface area (Å²) in [6.07, 6.45) is -0.971. The Kier molecular flexibility index (Phi) is 8.30. The highest BCUT2D eigenvalue weighted by Crippen LogP contribution is 2.50. The lowest BCUT2D eigenvalue weighted by molar-refractivity contribution is -0.139. The summed E-state index contributed by atoms with van der Waals surface area (Å²) in [4.78, 5) is 26.9. The molecule has 0 bridgehead atoms. The van der Waals surface area contributed by atoms with E-state index in [2.05, 4.69) is 39.6 Å². The Bertz CT molecular complexity index is 1920. The molecular formula is C35H33ClN6O3. The number of imidazole rings is 1. The van der Waals surface area contributed by atoms with E-state index < -0.39 is 29.6 Å². The number of benzene rings is 3. The molecule has 3 aromatic carbocycles. The number of nitrogens with zero attached hydrogens (tertiary/aromatic N) is 4. The summed E-state index contributed by atoms with van der Waals surface area (Å²) in [7, 11) is 1.52. The largest absolute Gasteiger partial charge is 0.389 e. The Balaban J connectivity index is 1.39. The fraction of sp³-hybridized carbons (Fsp3) is 0.257. The van der Waals surface area contributed by atoms with Crippen molar-refractivity contribution in [3.63, 3.8) is 0 Å². The van der Waals surface area contributed by atoms with Gasteiger partial charge in [-0.3, -0.25) is 4.79 Å². The first-order valence-corrected chi connectivity index (χ1v) is 15.1. The van der Waals surface area contributed by atoms with Gasteiger partial charge in [0.05, 0.1) is 23.9 Å². The molecule has 10 heteroatoms. The number of aromatic nitrogens is 4. The number of hydrogen-bond acceptors (Lipinski definition) is 7. The molecule has 4 N–H and O–H groups in total. The quantitative estimate of drug-likeness (QED) is 0.201. The van der Waals surface area contributed by atoms with Gasteiger partial charge in [-0.05, 0) is 59.7 Å². The Hall–Kier alpha value is -4.75. The molecule has 1 aliphatic rings. The predicted octanol–water partition coefficient (Wildman–Crippen LogP) is 4.82. The Morgan fingerprint density at radius 2 is 1.73 bits per heavy atom. The number of aliphatic hydroxyl groups excluding tert-OH is 2. The van der Waals surface area contributed by atoms with E-state index in [4.69, 9.17) is 21.6 Å². The van der Waals surface area contributed by atoms with Crippen LogP contribution >= 0.6 is 11.6 Å². The van der Waals surface area contributed by atoms with Crippen LogP contribution in [0.15, 0.2) is 85.2 Å². The summed E-state index contributed by atoms with van der Waals surface area (Å²) < 4.78 is 1.72. The summed E-state index contributed by atoms with van der Waals surface area (Å²) >= 11 is 6.20. The molecule has 1 amide bonds. The number of rotatable bonds is 6. The monoisotopic (exact) mass is 620 g/mol. The molecule has 1 saturated carbocycles. The lowest BCUT2D eigenvalue weighted by Gasteiger charge is -2.31. The van der Waals surface area contributed by atoms with Crippen LogP contribution in [0.1, 0.15) is 36.8 Å². The summed E-state index contributed by atoms with van der Waals surface area (Å²) in [6, 6.07) is 24.9. The van der Waals surface area contributed by atoms with Crippen LogP contribution in [-0.2, 0) is 11.3 Å². The zero-order valence-corrected chi connectivity index (χ0v) is 25.8. The van der Waals surface area contributed by atoms with E-state index in [1.165, 1.54) is 7.05 Å². The highest BCUT2D eigenvalue weighted by molar-refractivity contribution is 6.30. The van der Waals surface area contributed by atoms with Crippen molar-refractivity contribution in [1.29, 1.82) is 0 Å². The summed E-state index contributed by atoms with van der Waals surface area (Å²) in [5.41, 5.74) is 3.61. The minimum atomic E-state index is -1.30. The fourth-order valence-electron chi connectivity index (χ4n) is 6.13. The van der Waals surface area contributed by atoms with E-state index >= 15 is 0 Å². The summed E-state index contributed by atoms with van der Waals surface area (Å²) in [5, 5.41) is 28.9. The number of anilines is 1. The van der Waals surface area contributed by atoms with Crippen molar-refractivity contribution in [2.75, 3.05) is 12.4 Å². The maximum Gasteiger partial charge on any atom is 0.228 e. The summed E-state index contributed by atoms with van der Waals surface area (Å²) in [5.74, 6) is 6.15. The lowest BCUT2D eigenvalue weighted by atomic mass is 9.77. The van der Waals surface area contributed by atoms with E-state index in [0.29, 0.717) is 28.5 Å². The number of carbonyl (C=O) groups excluding carboxylic acids is 1. The molecule has 6 rings (SSSR count). The molecule has 45 heavy (non-hydrogen) atoms. The van der Waals surface area contributed by atoms with Crippen LogP contribution in [0.4, 0.5) is 5.82 Å². The average Bonchev–Trinajstić information content (AvgIpc) is 3.55. The Labute approximate surface area is 266 Å². The molecule has 2 aromatic heterocycles. The van der Waals surface area contributed by atoms with Gasteiger partial charge in [0.15, 0.2) is 17.0 Å². The third-order valence-electron chi connectivity index (χ3n) is 8.86. The van der Waals surface area contributed by atoms with Gasteiger partial charge in [-0.15, -0.1) is 0 Å². The second-order valence-electron chi connectivity index (χ2n) is 11.5. The third-order valence-corrected chi connectivity index (χ3v) is 9.10. The van der Waals surface area contributed by atoms with Gasteiger partial charge in [0.25, 0.3) is 0 Å². The van der Waals surface area contributed by atoms with Crippen molar-refractivity contribution in [2.45, 2.75) is 38.6 Å². The van der Waals surface area contributed by atoms with Gasteiger partial charge in [0.1, 0.15) is 6.10 Å². The van der Waals surface area contributed by atoms with Gasteiger partial charge < -0.3 is 25.4 Å². The van der Waals surface area contributed by atoms with E-state index in [1.54, 1.807) is 17.8 Å². The van der Waals surface area contributed by atoms with Crippen LogP contribution in [0, 0.1) is 23.2 Å². The van der Waals surface area contributed by atoms with E-state index in [1.807, 2.05) is 73.7 Å². The Morgan fingerprint density at radius 1 is 1.00 bits per heavy atom. The van der Waals surface area contributed by atoms with Crippen molar-refractivity contribution >= 4 is 34.5 Å². The van der Waals surface area contributed by atoms with Crippen molar-refractivity contribution < 1.29 is 15.0 Å².